The van der Waals surface area contributed by atoms with Crippen molar-refractivity contribution in [1.29, 1.82) is 0 Å². The molecular weight excluding hydrogens is 483 g/mol. The summed E-state index contributed by atoms with van der Waals surface area (Å²) in [6.07, 6.45) is 1.71. The lowest BCUT2D eigenvalue weighted by Crippen LogP contribution is -2.44. The number of piperazine rings is 1. The summed E-state index contributed by atoms with van der Waals surface area (Å²) in [5.74, 6) is 0.410. The highest BCUT2D eigenvalue weighted by molar-refractivity contribution is 6.35. The topological polar surface area (TPSA) is 77.1 Å². The Morgan fingerprint density at radius 3 is 2.54 bits per heavy atom. The van der Waals surface area contributed by atoms with Crippen molar-refractivity contribution in [2.24, 2.45) is 0 Å². The molecular formula is C26H26Cl2N6O. The third-order valence-electron chi connectivity index (χ3n) is 6.52. The summed E-state index contributed by atoms with van der Waals surface area (Å²) in [7, 11) is 2.16. The highest BCUT2D eigenvalue weighted by Crippen LogP contribution is 2.33. The molecule has 2 N–H and O–H groups in total. The number of aromatic nitrogens is 3. The van der Waals surface area contributed by atoms with Crippen LogP contribution in [-0.4, -0.2) is 53.1 Å². The Balaban J connectivity index is 1.44. The van der Waals surface area contributed by atoms with Gasteiger partial charge >= 0.3 is 0 Å². The predicted octanol–water partition coefficient (Wildman–Crippen LogP) is 5.40. The summed E-state index contributed by atoms with van der Waals surface area (Å²) in [6, 6.07) is 11.3. The number of H-pyrrole nitrogens is 1. The van der Waals surface area contributed by atoms with Crippen molar-refractivity contribution in [2.75, 3.05) is 43.4 Å². The molecule has 7 nitrogen and oxygen atoms in total. The molecule has 1 aliphatic rings. The van der Waals surface area contributed by atoms with Crippen LogP contribution in [0, 0.1) is 13.8 Å². The van der Waals surface area contributed by atoms with Gasteiger partial charge in [-0.1, -0.05) is 23.2 Å². The minimum atomic E-state index is -0.281. The first-order valence-corrected chi connectivity index (χ1v) is 12.2. The average molecular weight is 509 g/mol. The molecule has 0 radical (unpaired) electrons. The van der Waals surface area contributed by atoms with Crippen molar-refractivity contribution in [3.63, 3.8) is 0 Å². The van der Waals surface area contributed by atoms with Crippen LogP contribution in [0.2, 0.25) is 10.0 Å². The van der Waals surface area contributed by atoms with E-state index in [4.69, 9.17) is 23.2 Å². The molecule has 35 heavy (non-hydrogen) atoms. The van der Waals surface area contributed by atoms with Crippen molar-refractivity contribution in [3.8, 4) is 11.1 Å². The van der Waals surface area contributed by atoms with Gasteiger partial charge in [-0.05, 0) is 68.4 Å². The van der Waals surface area contributed by atoms with Gasteiger partial charge in [-0.15, -0.1) is 0 Å². The normalized spacial score (nSPS) is 14.5. The lowest BCUT2D eigenvalue weighted by molar-refractivity contribution is 0.312. The number of aryl methyl sites for hydroxylation is 2. The molecule has 1 saturated heterocycles. The number of hydrogen-bond donors (Lipinski definition) is 2. The van der Waals surface area contributed by atoms with Crippen molar-refractivity contribution < 1.29 is 0 Å². The molecule has 3 heterocycles. The lowest BCUT2D eigenvalue weighted by Gasteiger charge is -2.35. The number of anilines is 3. The molecule has 2 aromatic carbocycles. The maximum Gasteiger partial charge on any atom is 0.257 e. The summed E-state index contributed by atoms with van der Waals surface area (Å²) < 4.78 is 0. The van der Waals surface area contributed by atoms with Gasteiger partial charge in [-0.3, -0.25) is 4.79 Å². The Kier molecular flexibility index (Phi) is 6.40. The van der Waals surface area contributed by atoms with E-state index in [2.05, 4.69) is 56.2 Å². The monoisotopic (exact) mass is 508 g/mol. The smallest absolute Gasteiger partial charge is 0.257 e. The fraction of sp³-hybridized carbons (Fsp3) is 0.269. The van der Waals surface area contributed by atoms with E-state index in [1.54, 1.807) is 24.4 Å². The van der Waals surface area contributed by atoms with Gasteiger partial charge in [0.2, 0.25) is 5.95 Å². The molecule has 0 bridgehead atoms. The van der Waals surface area contributed by atoms with Crippen LogP contribution >= 0.6 is 23.2 Å². The van der Waals surface area contributed by atoms with E-state index in [-0.39, 0.29) is 5.56 Å². The Bertz CT molecular complexity index is 1480. The fourth-order valence-electron chi connectivity index (χ4n) is 4.56. The molecule has 1 fully saturated rings. The average Bonchev–Trinajstić information content (AvgIpc) is 2.82. The summed E-state index contributed by atoms with van der Waals surface area (Å²) in [4.78, 5) is 29.7. The maximum atomic E-state index is 13.0. The largest absolute Gasteiger partial charge is 0.369 e. The van der Waals surface area contributed by atoms with Crippen molar-refractivity contribution >= 4 is 51.6 Å². The Labute approximate surface area is 213 Å². The minimum Gasteiger partial charge on any atom is -0.369 e. The van der Waals surface area contributed by atoms with Crippen LogP contribution in [-0.2, 0) is 0 Å². The van der Waals surface area contributed by atoms with E-state index in [9.17, 15) is 4.79 Å². The Morgan fingerprint density at radius 1 is 1.03 bits per heavy atom. The molecule has 0 atom stereocenters. The van der Waals surface area contributed by atoms with Gasteiger partial charge in [0.15, 0.2) is 0 Å². The van der Waals surface area contributed by atoms with Crippen LogP contribution in [0.5, 0.6) is 0 Å². The van der Waals surface area contributed by atoms with Gasteiger partial charge in [-0.25, -0.2) is 4.98 Å². The van der Waals surface area contributed by atoms with E-state index in [1.165, 1.54) is 11.3 Å². The quantitative estimate of drug-likeness (QED) is 0.384. The second kappa shape index (κ2) is 9.49. The molecule has 1 aliphatic heterocycles. The SMILES string of the molecule is Cc1cc(Nc2ncc3c(C)c(-c4cc(Cl)ccc4Cl)c(=O)[nH]c3n2)ccc1N1CCN(C)CC1. The molecule has 180 valence electrons. The first-order chi connectivity index (χ1) is 16.8. The standard InChI is InChI=1S/C26H26Cl2N6O/c1-15-12-18(5-7-22(15)34-10-8-33(3)9-11-34)30-26-29-14-20-16(2)23(25(35)31-24(20)32-26)19-13-17(27)4-6-21(19)28/h4-7,12-14H,8-11H2,1-3H3,(H2,29,30,31,32,35). The number of benzene rings is 2. The highest BCUT2D eigenvalue weighted by Gasteiger charge is 2.18. The summed E-state index contributed by atoms with van der Waals surface area (Å²) in [5, 5.41) is 4.97. The van der Waals surface area contributed by atoms with E-state index < -0.39 is 0 Å². The van der Waals surface area contributed by atoms with Crippen LogP contribution in [0.25, 0.3) is 22.2 Å². The molecule has 0 unspecified atom stereocenters. The highest BCUT2D eigenvalue weighted by atomic mass is 35.5. The van der Waals surface area contributed by atoms with Gasteiger partial charge in [-0.2, -0.15) is 4.98 Å². The Morgan fingerprint density at radius 2 is 1.80 bits per heavy atom. The zero-order valence-corrected chi connectivity index (χ0v) is 21.3. The second-order valence-electron chi connectivity index (χ2n) is 8.95. The first-order valence-electron chi connectivity index (χ1n) is 11.5. The molecule has 5 rings (SSSR count). The number of rotatable bonds is 4. The number of hydrogen-bond acceptors (Lipinski definition) is 6. The van der Waals surface area contributed by atoms with E-state index >= 15 is 0 Å². The maximum absolute atomic E-state index is 13.0. The van der Waals surface area contributed by atoms with E-state index in [0.717, 1.165) is 42.8 Å². The zero-order valence-electron chi connectivity index (χ0n) is 19.8. The molecule has 4 aromatic rings. The molecule has 2 aromatic heterocycles. The zero-order chi connectivity index (χ0) is 24.7. The number of fused-ring (bicyclic) bond motifs is 1. The fourth-order valence-corrected chi connectivity index (χ4v) is 4.95. The van der Waals surface area contributed by atoms with Gasteiger partial charge in [0, 0.05) is 64.7 Å². The van der Waals surface area contributed by atoms with Crippen molar-refractivity contribution in [2.45, 2.75) is 13.8 Å². The summed E-state index contributed by atoms with van der Waals surface area (Å²) in [5.41, 5.74) is 5.28. The number of likely N-dealkylation sites (N-methyl/N-ethyl adjacent to an activating group) is 1. The molecule has 0 saturated carbocycles. The Hall–Kier alpha value is -3.13. The van der Waals surface area contributed by atoms with Crippen molar-refractivity contribution in [3.05, 3.63) is 74.1 Å². The first kappa shape index (κ1) is 23.6. The lowest BCUT2D eigenvalue weighted by atomic mass is 10.0. The number of pyridine rings is 1. The van der Waals surface area contributed by atoms with Gasteiger partial charge in [0.1, 0.15) is 5.65 Å². The molecule has 0 spiro atoms. The van der Waals surface area contributed by atoms with Crippen LogP contribution in [0.3, 0.4) is 0 Å². The third-order valence-corrected chi connectivity index (χ3v) is 7.09. The molecule has 0 amide bonds. The number of nitrogens with one attached hydrogen (secondary N) is 2. The summed E-state index contributed by atoms with van der Waals surface area (Å²) >= 11 is 12.5. The van der Waals surface area contributed by atoms with Gasteiger partial charge in [0.05, 0.1) is 5.56 Å². The third kappa shape index (κ3) is 4.72. The number of aromatic amines is 1. The van der Waals surface area contributed by atoms with Crippen molar-refractivity contribution in [1.82, 2.24) is 19.9 Å². The predicted molar refractivity (Wildman–Crippen MR) is 145 cm³/mol. The van der Waals surface area contributed by atoms with E-state index in [1.807, 2.05) is 13.0 Å². The van der Waals surface area contributed by atoms with Gasteiger partial charge < -0.3 is 20.1 Å². The van der Waals surface area contributed by atoms with E-state index in [0.29, 0.717) is 32.8 Å². The number of halogens is 2. The minimum absolute atomic E-state index is 0.281. The van der Waals surface area contributed by atoms with Crippen LogP contribution < -0.4 is 15.8 Å². The number of nitrogens with zero attached hydrogens (tertiary/aromatic N) is 4. The van der Waals surface area contributed by atoms with Crippen LogP contribution in [0.1, 0.15) is 11.1 Å². The summed E-state index contributed by atoms with van der Waals surface area (Å²) in [6.45, 7) is 8.14. The molecule has 0 aliphatic carbocycles. The van der Waals surface area contributed by atoms with Crippen LogP contribution in [0.15, 0.2) is 47.4 Å². The molecule has 9 heteroatoms. The second-order valence-corrected chi connectivity index (χ2v) is 9.79. The van der Waals surface area contributed by atoms with Crippen LogP contribution in [0.4, 0.5) is 17.3 Å². The van der Waals surface area contributed by atoms with Gasteiger partial charge in [0.25, 0.3) is 5.56 Å².